The van der Waals surface area contributed by atoms with Gasteiger partial charge in [-0.25, -0.2) is 0 Å². The van der Waals surface area contributed by atoms with Gasteiger partial charge < -0.3 is 15.4 Å². The SMILES string of the molecule is CN(C)C(CCN)COc1ccccc1Cl. The molecule has 1 unspecified atom stereocenters. The van der Waals surface area contributed by atoms with Crippen molar-refractivity contribution in [2.75, 3.05) is 27.2 Å². The molecule has 0 fully saturated rings. The normalized spacial score (nSPS) is 12.8. The van der Waals surface area contributed by atoms with Crippen LogP contribution < -0.4 is 10.5 Å². The number of likely N-dealkylation sites (N-methyl/N-ethyl adjacent to an activating group) is 1. The van der Waals surface area contributed by atoms with E-state index in [1.54, 1.807) is 0 Å². The summed E-state index contributed by atoms with van der Waals surface area (Å²) in [5.74, 6) is 0.730. The molecule has 4 heteroatoms. The fraction of sp³-hybridized carbons (Fsp3) is 0.500. The van der Waals surface area contributed by atoms with Crippen LogP contribution in [0.25, 0.3) is 0 Å². The highest BCUT2D eigenvalue weighted by Gasteiger charge is 2.11. The first-order chi connectivity index (χ1) is 7.65. The first-order valence-electron chi connectivity index (χ1n) is 5.39. The van der Waals surface area contributed by atoms with Crippen LogP contribution in [0.1, 0.15) is 6.42 Å². The van der Waals surface area contributed by atoms with Crippen LogP contribution in [0.5, 0.6) is 5.75 Å². The Hall–Kier alpha value is -0.770. The van der Waals surface area contributed by atoms with Crippen molar-refractivity contribution in [3.05, 3.63) is 29.3 Å². The summed E-state index contributed by atoms with van der Waals surface area (Å²) in [7, 11) is 4.05. The second-order valence-electron chi connectivity index (χ2n) is 3.94. The largest absolute Gasteiger partial charge is 0.490 e. The second-order valence-corrected chi connectivity index (χ2v) is 4.34. The zero-order valence-electron chi connectivity index (χ0n) is 9.82. The molecule has 0 aromatic heterocycles. The van der Waals surface area contributed by atoms with Gasteiger partial charge in [-0.15, -0.1) is 0 Å². The van der Waals surface area contributed by atoms with Crippen LogP contribution >= 0.6 is 11.6 Å². The van der Waals surface area contributed by atoms with Crippen LogP contribution in [-0.4, -0.2) is 38.2 Å². The van der Waals surface area contributed by atoms with Gasteiger partial charge in [0.1, 0.15) is 12.4 Å². The molecule has 0 amide bonds. The van der Waals surface area contributed by atoms with E-state index in [9.17, 15) is 0 Å². The molecule has 0 bridgehead atoms. The van der Waals surface area contributed by atoms with Crippen LogP contribution in [0.2, 0.25) is 5.02 Å². The van der Waals surface area contributed by atoms with Gasteiger partial charge in [-0.2, -0.15) is 0 Å². The summed E-state index contributed by atoms with van der Waals surface area (Å²) in [4.78, 5) is 2.11. The van der Waals surface area contributed by atoms with E-state index in [4.69, 9.17) is 22.1 Å². The maximum atomic E-state index is 6.00. The predicted molar refractivity (Wildman–Crippen MR) is 68.1 cm³/mol. The van der Waals surface area contributed by atoms with E-state index in [-0.39, 0.29) is 0 Å². The third-order valence-electron chi connectivity index (χ3n) is 2.50. The van der Waals surface area contributed by atoms with Crippen molar-refractivity contribution in [1.82, 2.24) is 4.90 Å². The monoisotopic (exact) mass is 242 g/mol. The third-order valence-corrected chi connectivity index (χ3v) is 2.81. The molecule has 2 N–H and O–H groups in total. The number of ether oxygens (including phenoxy) is 1. The standard InChI is InChI=1S/C12H19ClN2O/c1-15(2)10(7-8-14)9-16-12-6-4-3-5-11(12)13/h3-6,10H,7-9,14H2,1-2H3. The quantitative estimate of drug-likeness (QED) is 0.829. The minimum Gasteiger partial charge on any atom is -0.490 e. The van der Waals surface area contributed by atoms with E-state index >= 15 is 0 Å². The average molecular weight is 243 g/mol. The summed E-state index contributed by atoms with van der Waals surface area (Å²) in [6.45, 7) is 1.27. The molecule has 0 heterocycles. The Balaban J connectivity index is 2.52. The Bertz CT molecular complexity index is 318. The Morgan fingerprint density at radius 1 is 1.38 bits per heavy atom. The third kappa shape index (κ3) is 4.00. The van der Waals surface area contributed by atoms with Gasteiger partial charge in [0.25, 0.3) is 0 Å². The Morgan fingerprint density at radius 3 is 2.62 bits per heavy atom. The van der Waals surface area contributed by atoms with Gasteiger partial charge in [-0.05, 0) is 39.2 Å². The van der Waals surface area contributed by atoms with E-state index in [0.29, 0.717) is 24.2 Å². The lowest BCUT2D eigenvalue weighted by atomic mass is 10.2. The number of rotatable bonds is 6. The Kier molecular flexibility index (Phi) is 5.60. The number of benzene rings is 1. The van der Waals surface area contributed by atoms with Gasteiger partial charge in [0.2, 0.25) is 0 Å². The topological polar surface area (TPSA) is 38.5 Å². The summed E-state index contributed by atoms with van der Waals surface area (Å²) in [5, 5.41) is 0.646. The van der Waals surface area contributed by atoms with E-state index in [1.807, 2.05) is 38.4 Å². The summed E-state index contributed by atoms with van der Waals surface area (Å²) >= 11 is 6.00. The molecule has 1 aromatic carbocycles. The molecule has 1 rings (SSSR count). The molecule has 16 heavy (non-hydrogen) atoms. The molecule has 0 aliphatic rings. The maximum Gasteiger partial charge on any atom is 0.137 e. The van der Waals surface area contributed by atoms with Gasteiger partial charge in [0.15, 0.2) is 0 Å². The highest BCUT2D eigenvalue weighted by atomic mass is 35.5. The van der Waals surface area contributed by atoms with Gasteiger partial charge in [-0.1, -0.05) is 23.7 Å². The molecular formula is C12H19ClN2O. The average Bonchev–Trinajstić information content (AvgIpc) is 2.26. The molecular weight excluding hydrogens is 224 g/mol. The fourth-order valence-corrected chi connectivity index (χ4v) is 1.62. The highest BCUT2D eigenvalue weighted by Crippen LogP contribution is 2.23. The molecule has 0 saturated heterocycles. The van der Waals surface area contributed by atoms with Crippen LogP contribution in [0, 0.1) is 0 Å². The predicted octanol–water partition coefficient (Wildman–Crippen LogP) is 2.00. The molecule has 0 spiro atoms. The van der Waals surface area contributed by atoms with E-state index < -0.39 is 0 Å². The van der Waals surface area contributed by atoms with Gasteiger partial charge in [0, 0.05) is 6.04 Å². The number of nitrogens with zero attached hydrogens (tertiary/aromatic N) is 1. The number of hydrogen-bond donors (Lipinski definition) is 1. The lowest BCUT2D eigenvalue weighted by Crippen LogP contribution is -2.35. The zero-order chi connectivity index (χ0) is 12.0. The smallest absolute Gasteiger partial charge is 0.137 e. The van der Waals surface area contributed by atoms with Crippen molar-refractivity contribution in [2.45, 2.75) is 12.5 Å². The van der Waals surface area contributed by atoms with Gasteiger partial charge in [-0.3, -0.25) is 0 Å². The minimum absolute atomic E-state index is 0.321. The molecule has 1 aromatic rings. The number of para-hydroxylation sites is 1. The van der Waals surface area contributed by atoms with Crippen LogP contribution in [-0.2, 0) is 0 Å². The lowest BCUT2D eigenvalue weighted by molar-refractivity contribution is 0.179. The van der Waals surface area contributed by atoms with Gasteiger partial charge in [0.05, 0.1) is 5.02 Å². The first-order valence-corrected chi connectivity index (χ1v) is 5.76. The molecule has 0 aliphatic carbocycles. The summed E-state index contributed by atoms with van der Waals surface area (Å²) in [6, 6.07) is 7.82. The Morgan fingerprint density at radius 2 is 2.06 bits per heavy atom. The van der Waals surface area contributed by atoms with Crippen molar-refractivity contribution >= 4 is 11.6 Å². The van der Waals surface area contributed by atoms with Crippen molar-refractivity contribution < 1.29 is 4.74 Å². The highest BCUT2D eigenvalue weighted by molar-refractivity contribution is 6.32. The summed E-state index contributed by atoms with van der Waals surface area (Å²) < 4.78 is 5.68. The maximum absolute atomic E-state index is 6.00. The van der Waals surface area contributed by atoms with E-state index in [0.717, 1.165) is 12.2 Å². The van der Waals surface area contributed by atoms with Crippen molar-refractivity contribution in [1.29, 1.82) is 0 Å². The lowest BCUT2D eigenvalue weighted by Gasteiger charge is -2.24. The minimum atomic E-state index is 0.321. The van der Waals surface area contributed by atoms with Crippen LogP contribution in [0.15, 0.2) is 24.3 Å². The molecule has 0 radical (unpaired) electrons. The van der Waals surface area contributed by atoms with Crippen molar-refractivity contribution in [2.24, 2.45) is 5.73 Å². The second kappa shape index (κ2) is 6.74. The van der Waals surface area contributed by atoms with E-state index in [1.165, 1.54) is 0 Å². The van der Waals surface area contributed by atoms with Gasteiger partial charge >= 0.3 is 0 Å². The summed E-state index contributed by atoms with van der Waals surface area (Å²) in [5.41, 5.74) is 5.56. The van der Waals surface area contributed by atoms with Crippen molar-refractivity contribution in [3.8, 4) is 5.75 Å². The molecule has 3 nitrogen and oxygen atoms in total. The van der Waals surface area contributed by atoms with Crippen molar-refractivity contribution in [3.63, 3.8) is 0 Å². The van der Waals surface area contributed by atoms with E-state index in [2.05, 4.69) is 4.90 Å². The number of hydrogen-bond acceptors (Lipinski definition) is 3. The Labute approximate surface area is 102 Å². The molecule has 0 aliphatic heterocycles. The van der Waals surface area contributed by atoms with Crippen LogP contribution in [0.3, 0.4) is 0 Å². The number of nitrogens with two attached hydrogens (primary N) is 1. The molecule has 0 saturated carbocycles. The molecule has 90 valence electrons. The molecule has 1 atom stereocenters. The first kappa shape index (κ1) is 13.3. The zero-order valence-corrected chi connectivity index (χ0v) is 10.6. The van der Waals surface area contributed by atoms with Crippen LogP contribution in [0.4, 0.5) is 0 Å². The summed E-state index contributed by atoms with van der Waals surface area (Å²) in [6.07, 6.45) is 0.914. The number of halogens is 1. The fourth-order valence-electron chi connectivity index (χ4n) is 1.43.